The summed E-state index contributed by atoms with van der Waals surface area (Å²) in [7, 11) is 0. The lowest BCUT2D eigenvalue weighted by Crippen LogP contribution is -2.60. The van der Waals surface area contributed by atoms with Crippen LogP contribution in [-0.2, 0) is 81.6 Å². The first-order valence-electron chi connectivity index (χ1n) is 28.0. The molecule has 0 saturated carbocycles. The number of hydrogen-bond donors (Lipinski definition) is 16. The number of phenolic OH excluding ortho intramolecular Hbond substituents is 1. The third kappa shape index (κ3) is 21.6. The molecule has 31 nitrogen and oxygen atoms in total. The predicted molar refractivity (Wildman–Crippen MR) is 307 cm³/mol. The first-order chi connectivity index (χ1) is 41.3. The molecule has 31 heteroatoms. The number of benzene rings is 2. The van der Waals surface area contributed by atoms with Crippen LogP contribution < -0.4 is 59.3 Å². The molecule has 0 bridgehead atoms. The van der Waals surface area contributed by atoms with Gasteiger partial charge in [-0.05, 0) is 67.3 Å². The van der Waals surface area contributed by atoms with Gasteiger partial charge in [0.25, 0.3) is 5.97 Å². The summed E-state index contributed by atoms with van der Waals surface area (Å²) in [5.74, 6) is -10.7. The molecular formula is C56H75N15O16. The zero-order valence-electron chi connectivity index (χ0n) is 48.1. The van der Waals surface area contributed by atoms with Crippen LogP contribution in [0, 0.1) is 5.92 Å². The summed E-state index contributed by atoms with van der Waals surface area (Å²) in [6.07, 6.45) is 4.25. The molecule has 18 N–H and O–H groups in total. The fraction of sp³-hybridized carbons (Fsp3) is 0.464. The molecule has 2 aliphatic heterocycles. The number of carbonyl (C=O) groups is 13. The van der Waals surface area contributed by atoms with Crippen LogP contribution >= 0.6 is 0 Å². The largest absolute Gasteiger partial charge is 0.508 e. The van der Waals surface area contributed by atoms with Gasteiger partial charge < -0.3 is 89.5 Å². The minimum Gasteiger partial charge on any atom is -0.508 e. The number of carbonyl (C=O) groups excluding carboxylic acids is 12. The van der Waals surface area contributed by atoms with Gasteiger partial charge >= 0.3 is 0 Å². The van der Waals surface area contributed by atoms with Gasteiger partial charge in [-0.2, -0.15) is 0 Å². The Morgan fingerprint density at radius 2 is 1.32 bits per heavy atom. The van der Waals surface area contributed by atoms with Gasteiger partial charge in [0.05, 0.1) is 26.0 Å². The maximum atomic E-state index is 14.4. The van der Waals surface area contributed by atoms with Crippen LogP contribution in [0.3, 0.4) is 0 Å². The van der Waals surface area contributed by atoms with Crippen molar-refractivity contribution in [3.63, 3.8) is 0 Å². The van der Waals surface area contributed by atoms with E-state index in [9.17, 15) is 67.7 Å². The van der Waals surface area contributed by atoms with Crippen LogP contribution in [0.15, 0.2) is 67.3 Å². The van der Waals surface area contributed by atoms with Gasteiger partial charge in [-0.25, -0.2) is 4.98 Å². The van der Waals surface area contributed by atoms with Crippen molar-refractivity contribution >= 4 is 87.8 Å². The van der Waals surface area contributed by atoms with E-state index in [1.54, 1.807) is 44.3 Å². The Morgan fingerprint density at radius 3 is 1.93 bits per heavy atom. The van der Waals surface area contributed by atoms with E-state index in [0.717, 1.165) is 6.92 Å². The van der Waals surface area contributed by atoms with Crippen LogP contribution in [0.4, 0.5) is 0 Å². The number of aromatic hydroxyl groups is 1. The number of fused-ring (bicyclic) bond motifs is 1. The number of aliphatic hydroxyl groups is 1. The van der Waals surface area contributed by atoms with Crippen LogP contribution in [-0.4, -0.2) is 187 Å². The van der Waals surface area contributed by atoms with Gasteiger partial charge in [0, 0.05) is 74.6 Å². The second kappa shape index (κ2) is 32.9. The Bertz CT molecular complexity index is 3110. The summed E-state index contributed by atoms with van der Waals surface area (Å²) in [5.41, 5.74) is 12.7. The molecule has 0 radical (unpaired) electrons. The molecule has 0 spiro atoms. The molecule has 4 heterocycles. The van der Waals surface area contributed by atoms with E-state index in [0.29, 0.717) is 34.1 Å². The highest BCUT2D eigenvalue weighted by Crippen LogP contribution is 2.22. The Morgan fingerprint density at radius 1 is 0.701 bits per heavy atom. The van der Waals surface area contributed by atoms with Gasteiger partial charge in [0.1, 0.15) is 54.1 Å². The normalized spacial score (nSPS) is 16.4. The molecule has 2 aromatic carbocycles. The molecule has 87 heavy (non-hydrogen) atoms. The third-order valence-corrected chi connectivity index (χ3v) is 13.8. The van der Waals surface area contributed by atoms with Crippen molar-refractivity contribution in [3.05, 3.63) is 84.1 Å². The van der Waals surface area contributed by atoms with Crippen molar-refractivity contribution in [3.8, 4) is 5.75 Å². The van der Waals surface area contributed by atoms with Crippen LogP contribution in [0.25, 0.3) is 10.9 Å². The molecule has 8 atom stereocenters. The topological polar surface area (TPSA) is 491 Å². The Kier molecular flexibility index (Phi) is 25.7. The molecule has 2 aliphatic rings. The quantitative estimate of drug-likeness (QED) is 0.0236. The minimum absolute atomic E-state index is 0.0217. The van der Waals surface area contributed by atoms with Crippen molar-refractivity contribution in [2.24, 2.45) is 17.4 Å². The number of hydrogen-bond acceptors (Lipinski definition) is 16. The molecule has 0 unspecified atom stereocenters. The number of H-pyrrole nitrogens is 2. The van der Waals surface area contributed by atoms with Gasteiger partial charge in [-0.3, -0.25) is 62.3 Å². The number of likely N-dealkylation sites (tertiary alicyclic amines) is 1. The number of aliphatic hydroxyl groups excluding tert-OH is 1. The number of primary amides is 2. The SMILES string of the molecule is CC(=O)O.CC(C)C[C@H](NC(=O)CNC(=O)[C@H](Cc1ccc(O)cc1)NC(=O)[C@H](CO)NC(=O)[C@H](Cc1c[nH]c2ccccc12)NC(=O)[C@H](Cc1cnc[nH]1)NC(=O)[C@@H]1CCC(=O)N1)C(=O)N[C@@H](CCC(N)=O)C(=O)N1CCC[C@H]1C(=O)NCC(N)=O. The van der Waals surface area contributed by atoms with Crippen LogP contribution in [0.5, 0.6) is 5.75 Å². The average molecular weight is 1210 g/mol. The first-order valence-corrected chi connectivity index (χ1v) is 28.0. The fourth-order valence-corrected chi connectivity index (χ4v) is 9.58. The fourth-order valence-electron chi connectivity index (χ4n) is 9.58. The maximum absolute atomic E-state index is 14.4. The van der Waals surface area contributed by atoms with Gasteiger partial charge in [0.15, 0.2) is 0 Å². The van der Waals surface area contributed by atoms with E-state index in [4.69, 9.17) is 21.4 Å². The summed E-state index contributed by atoms with van der Waals surface area (Å²) in [4.78, 5) is 180. The number of para-hydroxylation sites is 1. The second-order valence-electron chi connectivity index (χ2n) is 21.2. The smallest absolute Gasteiger partial charge is 0.300 e. The summed E-state index contributed by atoms with van der Waals surface area (Å²) in [5, 5.41) is 51.5. The van der Waals surface area contributed by atoms with E-state index in [1.165, 1.54) is 41.7 Å². The van der Waals surface area contributed by atoms with Gasteiger partial charge in [-0.1, -0.05) is 44.2 Å². The van der Waals surface area contributed by atoms with Crippen LogP contribution in [0.2, 0.25) is 0 Å². The zero-order chi connectivity index (χ0) is 63.9. The number of amides is 12. The van der Waals surface area contributed by atoms with Crippen molar-refractivity contribution in [2.45, 2.75) is 133 Å². The number of aromatic nitrogens is 3. The van der Waals surface area contributed by atoms with Crippen molar-refractivity contribution < 1.29 is 77.6 Å². The average Bonchev–Trinajstić information content (AvgIpc) is 3.49. The number of aliphatic carboxylic acids is 1. The van der Waals surface area contributed by atoms with E-state index in [1.807, 2.05) is 0 Å². The predicted octanol–water partition coefficient (Wildman–Crippen LogP) is -4.08. The summed E-state index contributed by atoms with van der Waals surface area (Å²) in [6, 6.07) is 2.02. The monoisotopic (exact) mass is 1210 g/mol. The standard InChI is InChI=1S/C54H71N15O14.C2H4O2/c1-28(2)18-37(49(78)64-36(13-15-43(55)72)54(83)69-17-5-8-42(69)53(82)59-24-44(56)73)63-46(75)25-60-47(76)38(19-29-9-11-32(71)12-10-29)65-52(81)41(26-70)68-50(79)39(20-30-22-58-34-7-4-3-6-33(30)34)66-51(80)40(21-31-23-57-27-61-31)67-48(77)35-14-16-45(74)62-35;1-2(3)4/h3-4,6-7,9-12,22-23,27-28,35-42,58,70-71H,5,8,13-21,24-26H2,1-2H3,(H2,55,72)(H2,56,73)(H,57,61)(H,59,82)(H,60,76)(H,62,74)(H,63,75)(H,64,78)(H,65,81)(H,66,80)(H,67,77)(H,68,79);1H3,(H,3,4)/t35-,36-,37-,38-,39-,40-,41-,42-;/m0./s1. The summed E-state index contributed by atoms with van der Waals surface area (Å²) in [6.45, 7) is 2.44. The Hall–Kier alpha value is -9.94. The number of aromatic amines is 2. The number of nitrogens with one attached hydrogen (secondary N) is 11. The molecule has 4 aromatic rings. The van der Waals surface area contributed by atoms with E-state index >= 15 is 0 Å². The molecule has 6 rings (SSSR count). The Labute approximate surface area is 498 Å². The summed E-state index contributed by atoms with van der Waals surface area (Å²) < 4.78 is 0. The van der Waals surface area contributed by atoms with E-state index in [2.05, 4.69) is 62.8 Å². The lowest BCUT2D eigenvalue weighted by Gasteiger charge is -2.30. The molecule has 2 aromatic heterocycles. The number of rotatable bonds is 30. The van der Waals surface area contributed by atoms with Crippen molar-refractivity contribution in [1.82, 2.24) is 67.7 Å². The van der Waals surface area contributed by atoms with Gasteiger partial charge in [0.2, 0.25) is 70.9 Å². The van der Waals surface area contributed by atoms with E-state index < -0.39 is 139 Å². The number of carboxylic acid groups (broad SMARTS) is 1. The number of carboxylic acids is 1. The zero-order valence-corrected chi connectivity index (χ0v) is 48.1. The number of imidazole rings is 1. The van der Waals surface area contributed by atoms with Gasteiger partial charge in [-0.15, -0.1) is 0 Å². The lowest BCUT2D eigenvalue weighted by atomic mass is 10.0. The molecule has 470 valence electrons. The number of phenols is 1. The molecule has 2 saturated heterocycles. The Balaban J connectivity index is 0.00000334. The molecule has 12 amide bonds. The maximum Gasteiger partial charge on any atom is 0.300 e. The number of nitrogens with two attached hydrogens (primary N) is 2. The number of nitrogens with zero attached hydrogens (tertiary/aromatic N) is 2. The minimum atomic E-state index is -1.76. The highest BCUT2D eigenvalue weighted by Gasteiger charge is 2.39. The van der Waals surface area contributed by atoms with Crippen LogP contribution in [0.1, 0.15) is 82.5 Å². The lowest BCUT2D eigenvalue weighted by molar-refractivity contribution is -0.142. The van der Waals surface area contributed by atoms with Crippen molar-refractivity contribution in [1.29, 1.82) is 0 Å². The van der Waals surface area contributed by atoms with E-state index in [-0.39, 0.29) is 81.9 Å². The highest BCUT2D eigenvalue weighted by molar-refractivity contribution is 5.99. The molecule has 2 fully saturated rings. The first kappa shape index (κ1) is 67.8. The molecule has 0 aliphatic carbocycles. The molecular weight excluding hydrogens is 1140 g/mol. The third-order valence-electron chi connectivity index (χ3n) is 13.8. The second-order valence-corrected chi connectivity index (χ2v) is 21.2. The van der Waals surface area contributed by atoms with Crippen molar-refractivity contribution in [2.75, 3.05) is 26.2 Å². The highest BCUT2D eigenvalue weighted by atomic mass is 16.4. The summed E-state index contributed by atoms with van der Waals surface area (Å²) >= 11 is 0.